The number of hydrogen-bond acceptors (Lipinski definition) is 4. The van der Waals surface area contributed by atoms with E-state index in [1.54, 1.807) is 0 Å². The molecule has 0 saturated heterocycles. The van der Waals surface area contributed by atoms with E-state index < -0.39 is 5.97 Å². The fourth-order valence-corrected chi connectivity index (χ4v) is 3.76. The van der Waals surface area contributed by atoms with Gasteiger partial charge in [0.25, 0.3) is 0 Å². The van der Waals surface area contributed by atoms with Gasteiger partial charge < -0.3 is 9.67 Å². The number of aromatic nitrogens is 3. The smallest absolute Gasteiger partial charge is 0.313 e. The van der Waals surface area contributed by atoms with Gasteiger partial charge in [-0.1, -0.05) is 45.4 Å². The van der Waals surface area contributed by atoms with Crippen LogP contribution >= 0.6 is 11.8 Å². The van der Waals surface area contributed by atoms with Crippen LogP contribution in [-0.2, 0) is 11.2 Å². The molecular weight excluding hydrogens is 274 g/mol. The average molecular weight is 297 g/mol. The summed E-state index contributed by atoms with van der Waals surface area (Å²) in [5.74, 6) is 0.193. The highest BCUT2D eigenvalue weighted by molar-refractivity contribution is 7.99. The SMILES string of the molecule is CCc1nnc(SCC(=O)O)n1C1CCCCC1(C)C. The molecule has 1 atom stereocenters. The van der Waals surface area contributed by atoms with Crippen molar-refractivity contribution in [3.05, 3.63) is 5.82 Å². The first-order chi connectivity index (χ1) is 9.45. The van der Waals surface area contributed by atoms with Crippen LogP contribution in [0.15, 0.2) is 5.16 Å². The van der Waals surface area contributed by atoms with Gasteiger partial charge in [0.2, 0.25) is 0 Å². The molecule has 0 radical (unpaired) electrons. The second-order valence-corrected chi connectivity index (χ2v) is 7.00. The van der Waals surface area contributed by atoms with Gasteiger partial charge in [0.15, 0.2) is 5.16 Å². The standard InChI is InChI=1S/C14H23N3O2S/c1-4-11-15-16-13(20-9-12(18)19)17(11)10-7-5-6-8-14(10,2)3/h10H,4-9H2,1-3H3,(H,18,19). The summed E-state index contributed by atoms with van der Waals surface area (Å²) in [6.45, 7) is 6.66. The minimum Gasteiger partial charge on any atom is -0.481 e. The van der Waals surface area contributed by atoms with Crippen molar-refractivity contribution >= 4 is 17.7 Å². The highest BCUT2D eigenvalue weighted by Crippen LogP contribution is 2.45. The molecule has 1 aromatic rings. The molecule has 2 rings (SSSR count). The Bertz CT molecular complexity index is 485. The van der Waals surface area contributed by atoms with E-state index in [2.05, 4.69) is 35.5 Å². The van der Waals surface area contributed by atoms with E-state index in [1.165, 1.54) is 31.0 Å². The Kier molecular flexibility index (Phi) is 4.73. The first kappa shape index (κ1) is 15.4. The lowest BCUT2D eigenvalue weighted by atomic mass is 9.73. The van der Waals surface area contributed by atoms with Gasteiger partial charge in [0.05, 0.1) is 5.75 Å². The third kappa shape index (κ3) is 3.16. The van der Waals surface area contributed by atoms with E-state index in [1.807, 2.05) is 0 Å². The highest BCUT2D eigenvalue weighted by atomic mass is 32.2. The molecule has 5 nitrogen and oxygen atoms in total. The van der Waals surface area contributed by atoms with Gasteiger partial charge in [-0.3, -0.25) is 4.79 Å². The molecule has 1 fully saturated rings. The Hall–Kier alpha value is -1.04. The Morgan fingerprint density at radius 1 is 1.45 bits per heavy atom. The van der Waals surface area contributed by atoms with E-state index >= 15 is 0 Å². The molecule has 0 amide bonds. The van der Waals surface area contributed by atoms with Gasteiger partial charge in [0.1, 0.15) is 5.82 Å². The normalized spacial score (nSPS) is 21.9. The predicted molar refractivity (Wildman–Crippen MR) is 79.0 cm³/mol. The number of carbonyl (C=O) groups is 1. The Labute approximate surface area is 124 Å². The highest BCUT2D eigenvalue weighted by Gasteiger charge is 2.36. The molecule has 1 aliphatic rings. The molecule has 0 aliphatic heterocycles. The van der Waals surface area contributed by atoms with E-state index in [4.69, 9.17) is 5.11 Å². The monoisotopic (exact) mass is 297 g/mol. The number of carboxylic acids is 1. The third-order valence-electron chi connectivity index (χ3n) is 4.14. The predicted octanol–water partition coefficient (Wildman–Crippen LogP) is 3.16. The van der Waals surface area contributed by atoms with Crippen LogP contribution in [0.25, 0.3) is 0 Å². The summed E-state index contributed by atoms with van der Waals surface area (Å²) in [6.07, 6.45) is 5.64. The summed E-state index contributed by atoms with van der Waals surface area (Å²) in [5, 5.41) is 18.1. The van der Waals surface area contributed by atoms with E-state index in [0.717, 1.165) is 23.8 Å². The third-order valence-corrected chi connectivity index (χ3v) is 5.07. The molecule has 0 bridgehead atoms. The zero-order valence-corrected chi connectivity index (χ0v) is 13.2. The van der Waals surface area contributed by atoms with Gasteiger partial charge in [-0.2, -0.15) is 0 Å². The zero-order chi connectivity index (χ0) is 14.8. The van der Waals surface area contributed by atoms with Crippen molar-refractivity contribution in [2.45, 2.75) is 64.1 Å². The van der Waals surface area contributed by atoms with Crippen LogP contribution in [0.2, 0.25) is 0 Å². The van der Waals surface area contributed by atoms with E-state index in [-0.39, 0.29) is 11.2 Å². The summed E-state index contributed by atoms with van der Waals surface area (Å²) < 4.78 is 2.20. The van der Waals surface area contributed by atoms with Crippen molar-refractivity contribution < 1.29 is 9.90 Å². The average Bonchev–Trinajstić information content (AvgIpc) is 2.78. The maximum atomic E-state index is 10.8. The van der Waals surface area contributed by atoms with Crippen molar-refractivity contribution in [2.75, 3.05) is 5.75 Å². The molecule has 20 heavy (non-hydrogen) atoms. The van der Waals surface area contributed by atoms with Crippen LogP contribution in [0.4, 0.5) is 0 Å². The number of thioether (sulfide) groups is 1. The molecular formula is C14H23N3O2S. The number of aryl methyl sites for hydroxylation is 1. The van der Waals surface area contributed by atoms with Crippen LogP contribution in [-0.4, -0.2) is 31.6 Å². The second-order valence-electron chi connectivity index (χ2n) is 6.05. The summed E-state index contributed by atoms with van der Waals surface area (Å²) in [7, 11) is 0. The fraction of sp³-hybridized carbons (Fsp3) is 0.786. The summed E-state index contributed by atoms with van der Waals surface area (Å²) >= 11 is 1.28. The minimum absolute atomic E-state index is 0.0367. The molecule has 0 spiro atoms. The van der Waals surface area contributed by atoms with E-state index in [0.29, 0.717) is 6.04 Å². The molecule has 1 aliphatic carbocycles. The van der Waals surface area contributed by atoms with Gasteiger partial charge in [0, 0.05) is 12.5 Å². The number of hydrogen-bond donors (Lipinski definition) is 1. The number of carboxylic acid groups (broad SMARTS) is 1. The van der Waals surface area contributed by atoms with Gasteiger partial charge >= 0.3 is 5.97 Å². The van der Waals surface area contributed by atoms with Gasteiger partial charge in [-0.05, 0) is 18.3 Å². The lowest BCUT2D eigenvalue weighted by Gasteiger charge is -2.40. The first-order valence-corrected chi connectivity index (χ1v) is 8.22. The fourth-order valence-electron chi connectivity index (χ4n) is 3.04. The lowest BCUT2D eigenvalue weighted by molar-refractivity contribution is -0.133. The van der Waals surface area contributed by atoms with Crippen molar-refractivity contribution in [1.82, 2.24) is 14.8 Å². The molecule has 6 heteroatoms. The molecule has 0 aromatic carbocycles. The van der Waals surface area contributed by atoms with Crippen LogP contribution in [0, 0.1) is 5.41 Å². The maximum Gasteiger partial charge on any atom is 0.313 e. The molecule has 112 valence electrons. The Morgan fingerprint density at radius 2 is 2.20 bits per heavy atom. The van der Waals surface area contributed by atoms with Crippen molar-refractivity contribution in [3.8, 4) is 0 Å². The quantitative estimate of drug-likeness (QED) is 0.846. The minimum atomic E-state index is -0.814. The molecule has 1 unspecified atom stereocenters. The first-order valence-electron chi connectivity index (χ1n) is 7.24. The second kappa shape index (κ2) is 6.16. The van der Waals surface area contributed by atoms with Crippen LogP contribution in [0.3, 0.4) is 0 Å². The van der Waals surface area contributed by atoms with Gasteiger partial charge in [-0.15, -0.1) is 10.2 Å². The van der Waals surface area contributed by atoms with Crippen LogP contribution in [0.1, 0.15) is 58.3 Å². The maximum absolute atomic E-state index is 10.8. The van der Waals surface area contributed by atoms with Gasteiger partial charge in [-0.25, -0.2) is 0 Å². The largest absolute Gasteiger partial charge is 0.481 e. The number of aliphatic carboxylic acids is 1. The van der Waals surface area contributed by atoms with E-state index in [9.17, 15) is 4.79 Å². The van der Waals surface area contributed by atoms with Crippen molar-refractivity contribution in [1.29, 1.82) is 0 Å². The summed E-state index contributed by atoms with van der Waals surface area (Å²) in [6, 6.07) is 0.373. The lowest BCUT2D eigenvalue weighted by Crippen LogP contribution is -2.32. The zero-order valence-electron chi connectivity index (χ0n) is 12.4. The number of nitrogens with zero attached hydrogens (tertiary/aromatic N) is 3. The summed E-state index contributed by atoms with van der Waals surface area (Å²) in [4.78, 5) is 10.8. The Morgan fingerprint density at radius 3 is 2.80 bits per heavy atom. The van der Waals surface area contributed by atoms with Crippen LogP contribution in [0.5, 0.6) is 0 Å². The molecule has 1 aromatic heterocycles. The van der Waals surface area contributed by atoms with Crippen molar-refractivity contribution in [3.63, 3.8) is 0 Å². The molecule has 1 N–H and O–H groups in total. The van der Waals surface area contributed by atoms with Crippen molar-refractivity contribution in [2.24, 2.45) is 5.41 Å². The molecule has 1 saturated carbocycles. The molecule has 1 heterocycles. The number of rotatable bonds is 5. The Balaban J connectivity index is 2.32. The topological polar surface area (TPSA) is 68.0 Å². The van der Waals surface area contributed by atoms with Crippen LogP contribution < -0.4 is 0 Å². The summed E-state index contributed by atoms with van der Waals surface area (Å²) in [5.41, 5.74) is 0.211.